The summed E-state index contributed by atoms with van der Waals surface area (Å²) in [5, 5.41) is 9.97. The fraction of sp³-hybridized carbons (Fsp3) is 0.375. The van der Waals surface area contributed by atoms with Gasteiger partial charge in [0.15, 0.2) is 0 Å². The van der Waals surface area contributed by atoms with Gasteiger partial charge in [0.25, 0.3) is 0 Å². The number of rotatable bonds is 6. The molecule has 0 fully saturated rings. The van der Waals surface area contributed by atoms with Crippen molar-refractivity contribution in [3.63, 3.8) is 0 Å². The number of aliphatic hydroxyl groups excluding tert-OH is 1. The molecule has 1 heterocycles. The minimum atomic E-state index is -0.358. The van der Waals surface area contributed by atoms with Gasteiger partial charge in [0, 0.05) is 18.9 Å². The van der Waals surface area contributed by atoms with Gasteiger partial charge in [-0.3, -0.25) is 0 Å². The molecule has 0 saturated carbocycles. The molecule has 2 rings (SSSR count). The van der Waals surface area contributed by atoms with Crippen molar-refractivity contribution in [2.45, 2.75) is 32.4 Å². The van der Waals surface area contributed by atoms with E-state index in [1.807, 2.05) is 30.6 Å². The van der Waals surface area contributed by atoms with Gasteiger partial charge in [-0.2, -0.15) is 0 Å². The molecule has 108 valence electrons. The van der Waals surface area contributed by atoms with E-state index in [-0.39, 0.29) is 6.10 Å². The largest absolute Gasteiger partial charge is 0.496 e. The summed E-state index contributed by atoms with van der Waals surface area (Å²) in [6.45, 7) is 2.86. The van der Waals surface area contributed by atoms with Crippen LogP contribution in [0.3, 0.4) is 0 Å². The van der Waals surface area contributed by atoms with Gasteiger partial charge in [-0.1, -0.05) is 19.4 Å². The van der Waals surface area contributed by atoms with Crippen molar-refractivity contribution in [2.24, 2.45) is 0 Å². The fourth-order valence-corrected chi connectivity index (χ4v) is 2.80. The normalized spacial score (nSPS) is 12.4. The second-order valence-electron chi connectivity index (χ2n) is 4.89. The van der Waals surface area contributed by atoms with Crippen LogP contribution in [-0.2, 0) is 6.54 Å². The number of methoxy groups -OCH3 is 1. The van der Waals surface area contributed by atoms with Gasteiger partial charge in [0.2, 0.25) is 0 Å². The molecule has 0 spiro atoms. The molecule has 20 heavy (non-hydrogen) atoms. The average molecular weight is 338 g/mol. The highest BCUT2D eigenvalue weighted by atomic mass is 79.9. The van der Waals surface area contributed by atoms with Gasteiger partial charge < -0.3 is 14.4 Å². The van der Waals surface area contributed by atoms with Crippen molar-refractivity contribution in [3.8, 4) is 5.75 Å². The van der Waals surface area contributed by atoms with E-state index in [0.717, 1.165) is 35.2 Å². The first-order valence-electron chi connectivity index (χ1n) is 6.80. The van der Waals surface area contributed by atoms with Crippen molar-refractivity contribution in [1.29, 1.82) is 0 Å². The lowest BCUT2D eigenvalue weighted by Gasteiger charge is -2.08. The summed E-state index contributed by atoms with van der Waals surface area (Å²) in [5.41, 5.74) is 2.17. The Labute approximate surface area is 128 Å². The molecule has 1 unspecified atom stereocenters. The summed E-state index contributed by atoms with van der Waals surface area (Å²) in [5.74, 6) is 0.834. The third-order valence-electron chi connectivity index (χ3n) is 3.30. The zero-order valence-electron chi connectivity index (χ0n) is 11.8. The van der Waals surface area contributed by atoms with Gasteiger partial charge in [-0.15, -0.1) is 0 Å². The second-order valence-corrected chi connectivity index (χ2v) is 5.74. The minimum absolute atomic E-state index is 0.358. The SMILES string of the molecule is CCCC(O)c1ccn(Cc2ccc(OC)c(Br)c2)c1. The highest BCUT2D eigenvalue weighted by molar-refractivity contribution is 9.10. The maximum atomic E-state index is 9.97. The summed E-state index contributed by atoms with van der Waals surface area (Å²) in [6.07, 6.45) is 5.45. The molecule has 2 aromatic rings. The molecule has 0 bridgehead atoms. The predicted molar refractivity (Wildman–Crippen MR) is 84.1 cm³/mol. The molecule has 3 nitrogen and oxygen atoms in total. The Kier molecular flexibility index (Phi) is 5.26. The summed E-state index contributed by atoms with van der Waals surface area (Å²) >= 11 is 3.50. The Hall–Kier alpha value is -1.26. The molecule has 0 saturated heterocycles. The lowest BCUT2D eigenvalue weighted by Crippen LogP contribution is -1.98. The molecule has 1 atom stereocenters. The van der Waals surface area contributed by atoms with Crippen molar-refractivity contribution in [2.75, 3.05) is 7.11 Å². The number of benzene rings is 1. The van der Waals surface area contributed by atoms with Crippen molar-refractivity contribution in [1.82, 2.24) is 4.57 Å². The minimum Gasteiger partial charge on any atom is -0.496 e. The molecule has 4 heteroatoms. The summed E-state index contributed by atoms with van der Waals surface area (Å²) in [4.78, 5) is 0. The summed E-state index contributed by atoms with van der Waals surface area (Å²) in [6, 6.07) is 8.04. The van der Waals surface area contributed by atoms with Crippen LogP contribution in [0.4, 0.5) is 0 Å². The quantitative estimate of drug-likeness (QED) is 0.859. The number of aromatic nitrogens is 1. The van der Waals surface area contributed by atoms with Crippen LogP contribution in [0.2, 0.25) is 0 Å². The van der Waals surface area contributed by atoms with Gasteiger partial charge in [-0.25, -0.2) is 0 Å². The van der Waals surface area contributed by atoms with Crippen LogP contribution in [0, 0.1) is 0 Å². The van der Waals surface area contributed by atoms with E-state index in [1.165, 1.54) is 5.56 Å². The Bertz CT molecular complexity index is 565. The molecule has 0 aliphatic heterocycles. The maximum absolute atomic E-state index is 9.97. The first kappa shape index (κ1) is 15.1. The third kappa shape index (κ3) is 3.64. The van der Waals surface area contributed by atoms with E-state index >= 15 is 0 Å². The van der Waals surface area contributed by atoms with Crippen LogP contribution in [-0.4, -0.2) is 16.8 Å². The molecule has 1 aromatic heterocycles. The Morgan fingerprint density at radius 2 is 2.15 bits per heavy atom. The standard InChI is InChI=1S/C16H20BrNO2/c1-3-4-15(19)13-7-8-18(11-13)10-12-5-6-16(20-2)14(17)9-12/h5-9,11,15,19H,3-4,10H2,1-2H3. The Morgan fingerprint density at radius 3 is 2.80 bits per heavy atom. The van der Waals surface area contributed by atoms with Crippen molar-refractivity contribution < 1.29 is 9.84 Å². The highest BCUT2D eigenvalue weighted by Gasteiger charge is 2.08. The number of aliphatic hydroxyl groups is 1. The number of halogens is 1. The second kappa shape index (κ2) is 6.95. The number of hydrogen-bond acceptors (Lipinski definition) is 2. The van der Waals surface area contributed by atoms with Gasteiger partial charge in [0.1, 0.15) is 5.75 Å². The molecular formula is C16H20BrNO2. The molecule has 0 radical (unpaired) electrons. The monoisotopic (exact) mass is 337 g/mol. The van der Waals surface area contributed by atoms with Crippen LogP contribution < -0.4 is 4.74 Å². The zero-order valence-corrected chi connectivity index (χ0v) is 13.4. The highest BCUT2D eigenvalue weighted by Crippen LogP contribution is 2.26. The molecular weight excluding hydrogens is 318 g/mol. The molecule has 0 aliphatic carbocycles. The lowest BCUT2D eigenvalue weighted by molar-refractivity contribution is 0.166. The van der Waals surface area contributed by atoms with E-state index in [0.29, 0.717) is 0 Å². The van der Waals surface area contributed by atoms with Crippen LogP contribution in [0.15, 0.2) is 41.1 Å². The lowest BCUT2D eigenvalue weighted by atomic mass is 10.1. The van der Waals surface area contributed by atoms with Gasteiger partial charge >= 0.3 is 0 Å². The number of nitrogens with zero attached hydrogens (tertiary/aromatic N) is 1. The smallest absolute Gasteiger partial charge is 0.133 e. The van der Waals surface area contributed by atoms with Gasteiger partial charge in [-0.05, 0) is 51.7 Å². The Balaban J connectivity index is 2.08. The van der Waals surface area contributed by atoms with Crippen LogP contribution in [0.5, 0.6) is 5.75 Å². The first-order chi connectivity index (χ1) is 9.63. The molecule has 1 N–H and O–H groups in total. The van der Waals surface area contributed by atoms with Gasteiger partial charge in [0.05, 0.1) is 17.7 Å². The van der Waals surface area contributed by atoms with Crippen LogP contribution in [0.25, 0.3) is 0 Å². The molecule has 0 aliphatic rings. The van der Waals surface area contributed by atoms with E-state index in [1.54, 1.807) is 7.11 Å². The summed E-state index contributed by atoms with van der Waals surface area (Å²) < 4.78 is 8.27. The van der Waals surface area contributed by atoms with E-state index in [2.05, 4.69) is 33.5 Å². The first-order valence-corrected chi connectivity index (χ1v) is 7.59. The average Bonchev–Trinajstić information content (AvgIpc) is 2.88. The fourth-order valence-electron chi connectivity index (χ4n) is 2.21. The predicted octanol–water partition coefficient (Wildman–Crippen LogP) is 4.14. The van der Waals surface area contributed by atoms with Crippen LogP contribution in [0.1, 0.15) is 37.0 Å². The molecule has 1 aromatic carbocycles. The Morgan fingerprint density at radius 1 is 1.35 bits per heavy atom. The number of ether oxygens (including phenoxy) is 1. The van der Waals surface area contributed by atoms with E-state index in [9.17, 15) is 5.11 Å². The molecule has 0 amide bonds. The van der Waals surface area contributed by atoms with Crippen molar-refractivity contribution >= 4 is 15.9 Å². The maximum Gasteiger partial charge on any atom is 0.133 e. The zero-order chi connectivity index (χ0) is 14.5. The number of hydrogen-bond donors (Lipinski definition) is 1. The topological polar surface area (TPSA) is 34.4 Å². The third-order valence-corrected chi connectivity index (χ3v) is 3.92. The summed E-state index contributed by atoms with van der Waals surface area (Å²) in [7, 11) is 1.66. The van der Waals surface area contributed by atoms with E-state index in [4.69, 9.17) is 4.74 Å². The van der Waals surface area contributed by atoms with Crippen molar-refractivity contribution in [3.05, 3.63) is 52.3 Å². The van der Waals surface area contributed by atoms with Crippen LogP contribution >= 0.6 is 15.9 Å². The van der Waals surface area contributed by atoms with E-state index < -0.39 is 0 Å².